The summed E-state index contributed by atoms with van der Waals surface area (Å²) >= 11 is 0. The normalized spacial score (nSPS) is 15.2. The van der Waals surface area contributed by atoms with Crippen molar-refractivity contribution in [3.63, 3.8) is 0 Å². The first-order valence-electron chi connectivity index (χ1n) is 4.74. The zero-order valence-corrected chi connectivity index (χ0v) is 8.10. The molecule has 3 nitrogen and oxygen atoms in total. The minimum Gasteiger partial charge on any atom is -0.508 e. The fraction of sp³-hybridized carbons (Fsp3) is 0.364. The molecule has 1 aliphatic carbocycles. The lowest BCUT2D eigenvalue weighted by molar-refractivity contribution is 0.0785. The molecule has 1 aromatic rings. The molecule has 1 amide bonds. The molecule has 1 N–H and O–H groups in total. The van der Waals surface area contributed by atoms with Crippen molar-refractivity contribution in [2.75, 3.05) is 7.05 Å². The van der Waals surface area contributed by atoms with Gasteiger partial charge in [-0.15, -0.1) is 0 Å². The summed E-state index contributed by atoms with van der Waals surface area (Å²) in [6.45, 7) is 0. The highest BCUT2D eigenvalue weighted by Gasteiger charge is 2.29. The van der Waals surface area contributed by atoms with Crippen molar-refractivity contribution < 1.29 is 9.90 Å². The van der Waals surface area contributed by atoms with E-state index in [1.54, 1.807) is 17.0 Å². The second kappa shape index (κ2) is 3.33. The van der Waals surface area contributed by atoms with E-state index in [0.717, 1.165) is 12.8 Å². The molecule has 0 heterocycles. The van der Waals surface area contributed by atoms with Gasteiger partial charge in [0.1, 0.15) is 5.75 Å². The highest BCUT2D eigenvalue weighted by atomic mass is 16.3. The number of nitrogens with zero attached hydrogens (tertiary/aromatic N) is 1. The molecule has 0 aliphatic heterocycles. The third-order valence-electron chi connectivity index (χ3n) is 2.53. The number of amides is 1. The van der Waals surface area contributed by atoms with Crippen LogP contribution in [0.15, 0.2) is 24.3 Å². The van der Waals surface area contributed by atoms with E-state index < -0.39 is 0 Å². The van der Waals surface area contributed by atoms with Gasteiger partial charge in [-0.25, -0.2) is 0 Å². The second-order valence-electron chi connectivity index (χ2n) is 3.69. The first-order chi connectivity index (χ1) is 6.68. The van der Waals surface area contributed by atoms with Crippen LogP contribution in [0.25, 0.3) is 0 Å². The van der Waals surface area contributed by atoms with Crippen LogP contribution in [0.4, 0.5) is 0 Å². The van der Waals surface area contributed by atoms with Crippen LogP contribution in [0.1, 0.15) is 23.2 Å². The van der Waals surface area contributed by atoms with Crippen LogP contribution in [-0.2, 0) is 0 Å². The van der Waals surface area contributed by atoms with Crippen molar-refractivity contribution in [1.29, 1.82) is 0 Å². The summed E-state index contributed by atoms with van der Waals surface area (Å²) in [6, 6.07) is 6.80. The molecule has 1 saturated carbocycles. The van der Waals surface area contributed by atoms with Gasteiger partial charge in [0.2, 0.25) is 0 Å². The first-order valence-corrected chi connectivity index (χ1v) is 4.74. The molecule has 0 aromatic heterocycles. The SMILES string of the molecule is CN(C(=O)c1ccc(O)cc1)C1CC1. The van der Waals surface area contributed by atoms with Crippen molar-refractivity contribution >= 4 is 5.91 Å². The Kier molecular flexibility index (Phi) is 2.15. The van der Waals surface area contributed by atoms with Crippen LogP contribution >= 0.6 is 0 Å². The molecule has 1 aromatic carbocycles. The average molecular weight is 191 g/mol. The molecule has 0 saturated heterocycles. The van der Waals surface area contributed by atoms with Gasteiger partial charge in [0.05, 0.1) is 0 Å². The van der Waals surface area contributed by atoms with E-state index in [1.807, 2.05) is 7.05 Å². The lowest BCUT2D eigenvalue weighted by atomic mass is 10.2. The Hall–Kier alpha value is -1.51. The van der Waals surface area contributed by atoms with Crippen molar-refractivity contribution in [2.24, 2.45) is 0 Å². The van der Waals surface area contributed by atoms with Gasteiger partial charge in [0, 0.05) is 18.7 Å². The van der Waals surface area contributed by atoms with Gasteiger partial charge in [-0.3, -0.25) is 4.79 Å². The van der Waals surface area contributed by atoms with Gasteiger partial charge in [-0.1, -0.05) is 0 Å². The molecule has 0 bridgehead atoms. The smallest absolute Gasteiger partial charge is 0.253 e. The Balaban J connectivity index is 2.13. The molecule has 74 valence electrons. The molecule has 0 unspecified atom stereocenters. The van der Waals surface area contributed by atoms with Crippen LogP contribution in [0.5, 0.6) is 5.75 Å². The Morgan fingerprint density at radius 2 is 1.93 bits per heavy atom. The van der Waals surface area contributed by atoms with Crippen molar-refractivity contribution in [3.05, 3.63) is 29.8 Å². The fourth-order valence-corrected chi connectivity index (χ4v) is 1.44. The van der Waals surface area contributed by atoms with E-state index in [4.69, 9.17) is 5.11 Å². The van der Waals surface area contributed by atoms with Gasteiger partial charge in [0.15, 0.2) is 0 Å². The standard InChI is InChI=1S/C11H13NO2/c1-12(9-4-5-9)11(14)8-2-6-10(13)7-3-8/h2-3,6-7,9,13H,4-5H2,1H3. The lowest BCUT2D eigenvalue weighted by Crippen LogP contribution is -2.28. The molecule has 0 radical (unpaired) electrons. The van der Waals surface area contributed by atoms with Crippen LogP contribution in [0.2, 0.25) is 0 Å². The van der Waals surface area contributed by atoms with Gasteiger partial charge in [-0.05, 0) is 37.1 Å². The van der Waals surface area contributed by atoms with Crippen LogP contribution in [0.3, 0.4) is 0 Å². The average Bonchev–Trinajstić information content (AvgIpc) is 3.00. The third kappa shape index (κ3) is 1.71. The van der Waals surface area contributed by atoms with E-state index in [-0.39, 0.29) is 11.7 Å². The third-order valence-corrected chi connectivity index (χ3v) is 2.53. The maximum Gasteiger partial charge on any atom is 0.253 e. The van der Waals surface area contributed by atoms with E-state index in [9.17, 15) is 4.79 Å². The Morgan fingerprint density at radius 1 is 1.36 bits per heavy atom. The van der Waals surface area contributed by atoms with Crippen molar-refractivity contribution in [1.82, 2.24) is 4.90 Å². The second-order valence-corrected chi connectivity index (χ2v) is 3.69. The lowest BCUT2D eigenvalue weighted by Gasteiger charge is -2.15. The highest BCUT2D eigenvalue weighted by molar-refractivity contribution is 5.94. The summed E-state index contributed by atoms with van der Waals surface area (Å²) in [7, 11) is 1.83. The predicted octanol–water partition coefficient (Wildman–Crippen LogP) is 1.63. The highest BCUT2D eigenvalue weighted by Crippen LogP contribution is 2.26. The summed E-state index contributed by atoms with van der Waals surface area (Å²) in [4.78, 5) is 13.6. The molecule has 0 atom stereocenters. The number of hydrogen-bond acceptors (Lipinski definition) is 2. The monoisotopic (exact) mass is 191 g/mol. The molecule has 14 heavy (non-hydrogen) atoms. The first kappa shape index (κ1) is 9.06. The number of phenols is 1. The minimum atomic E-state index is 0.0347. The quantitative estimate of drug-likeness (QED) is 0.771. The van der Waals surface area contributed by atoms with Crippen LogP contribution < -0.4 is 0 Å². The predicted molar refractivity (Wildman–Crippen MR) is 53.2 cm³/mol. The molecule has 1 aliphatic rings. The number of aromatic hydroxyl groups is 1. The summed E-state index contributed by atoms with van der Waals surface area (Å²) in [6.07, 6.45) is 2.22. The number of carbonyl (C=O) groups is 1. The Morgan fingerprint density at radius 3 is 2.43 bits per heavy atom. The molecule has 2 rings (SSSR count). The van der Waals surface area contributed by atoms with E-state index >= 15 is 0 Å². The van der Waals surface area contributed by atoms with Gasteiger partial charge < -0.3 is 10.0 Å². The van der Waals surface area contributed by atoms with Gasteiger partial charge in [0.25, 0.3) is 5.91 Å². The largest absolute Gasteiger partial charge is 0.508 e. The molecule has 0 spiro atoms. The maximum atomic E-state index is 11.8. The molecular formula is C11H13NO2. The number of hydrogen-bond donors (Lipinski definition) is 1. The van der Waals surface area contributed by atoms with Crippen molar-refractivity contribution in [2.45, 2.75) is 18.9 Å². The molecule has 3 heteroatoms. The van der Waals surface area contributed by atoms with Crippen molar-refractivity contribution in [3.8, 4) is 5.75 Å². The Bertz CT molecular complexity index is 341. The molecule has 1 fully saturated rings. The summed E-state index contributed by atoms with van der Waals surface area (Å²) in [5, 5.41) is 9.07. The molecular weight excluding hydrogens is 178 g/mol. The number of carbonyl (C=O) groups excluding carboxylic acids is 1. The van der Waals surface area contributed by atoms with E-state index in [0.29, 0.717) is 11.6 Å². The number of rotatable bonds is 2. The van der Waals surface area contributed by atoms with Gasteiger partial charge in [-0.2, -0.15) is 0 Å². The topological polar surface area (TPSA) is 40.5 Å². The summed E-state index contributed by atoms with van der Waals surface area (Å²) in [5.41, 5.74) is 0.636. The fourth-order valence-electron chi connectivity index (χ4n) is 1.44. The summed E-state index contributed by atoms with van der Waals surface area (Å²) < 4.78 is 0. The van der Waals surface area contributed by atoms with Gasteiger partial charge >= 0.3 is 0 Å². The van der Waals surface area contributed by atoms with E-state index in [2.05, 4.69) is 0 Å². The zero-order chi connectivity index (χ0) is 10.1. The number of benzene rings is 1. The Labute approximate surface area is 83.0 Å². The maximum absolute atomic E-state index is 11.8. The van der Waals surface area contributed by atoms with Crippen LogP contribution in [-0.4, -0.2) is 29.0 Å². The number of phenolic OH excluding ortho intramolecular Hbond substituents is 1. The zero-order valence-electron chi connectivity index (χ0n) is 8.10. The van der Waals surface area contributed by atoms with E-state index in [1.165, 1.54) is 12.1 Å². The summed E-state index contributed by atoms with van der Waals surface area (Å²) in [5.74, 6) is 0.225. The van der Waals surface area contributed by atoms with Crippen LogP contribution in [0, 0.1) is 0 Å². The minimum absolute atomic E-state index is 0.0347.